The van der Waals surface area contributed by atoms with E-state index in [1.165, 1.54) is 51.4 Å². The van der Waals surface area contributed by atoms with Gasteiger partial charge in [-0.25, -0.2) is 0 Å². The predicted molar refractivity (Wildman–Crippen MR) is 144 cm³/mol. The lowest BCUT2D eigenvalue weighted by atomic mass is 9.95. The van der Waals surface area contributed by atoms with Crippen molar-refractivity contribution in [3.8, 4) is 0 Å². The van der Waals surface area contributed by atoms with Crippen LogP contribution in [0.4, 0.5) is 0 Å². The fraction of sp³-hybridized carbons (Fsp3) is 0.933. The smallest absolute Gasteiger partial charge is 0.306 e. The Morgan fingerprint density at radius 3 is 1.53 bits per heavy atom. The van der Waals surface area contributed by atoms with Gasteiger partial charge in [0.2, 0.25) is 0 Å². The van der Waals surface area contributed by atoms with E-state index < -0.39 is 0 Å². The number of unbranched alkanes of at least 4 members (excludes halogenated alkanes) is 9. The van der Waals surface area contributed by atoms with Crippen molar-refractivity contribution in [2.24, 2.45) is 17.8 Å². The molecule has 0 amide bonds. The first-order valence-electron chi connectivity index (χ1n) is 14.7. The molecule has 0 saturated heterocycles. The first-order chi connectivity index (χ1) is 16.3. The largest absolute Gasteiger partial charge is 0.466 e. The highest BCUT2D eigenvalue weighted by Gasteiger charge is 2.13. The second-order valence-electron chi connectivity index (χ2n) is 11.1. The van der Waals surface area contributed by atoms with E-state index in [0.29, 0.717) is 32.0 Å². The highest BCUT2D eigenvalue weighted by atomic mass is 16.5. The molecule has 1 unspecified atom stereocenters. The highest BCUT2D eigenvalue weighted by Crippen LogP contribution is 2.19. The molecule has 0 N–H and O–H groups in total. The van der Waals surface area contributed by atoms with E-state index in [-0.39, 0.29) is 11.9 Å². The Balaban J connectivity index is 3.53. The summed E-state index contributed by atoms with van der Waals surface area (Å²) >= 11 is 0. The van der Waals surface area contributed by atoms with Gasteiger partial charge in [0.15, 0.2) is 0 Å². The number of hydrogen-bond donors (Lipinski definition) is 0. The molecule has 0 aromatic rings. The molecular weight excluding hydrogens is 424 g/mol. The lowest BCUT2D eigenvalue weighted by Gasteiger charge is -2.14. The number of esters is 2. The van der Waals surface area contributed by atoms with Gasteiger partial charge in [0.25, 0.3) is 0 Å². The molecule has 0 saturated carbocycles. The van der Waals surface area contributed by atoms with Crippen LogP contribution in [0.2, 0.25) is 0 Å². The van der Waals surface area contributed by atoms with Crippen LogP contribution >= 0.6 is 0 Å². The molecule has 0 spiro atoms. The fourth-order valence-electron chi connectivity index (χ4n) is 4.26. The first-order valence-corrected chi connectivity index (χ1v) is 14.7. The van der Waals surface area contributed by atoms with Gasteiger partial charge in [-0.2, -0.15) is 0 Å². The van der Waals surface area contributed by atoms with E-state index in [4.69, 9.17) is 9.47 Å². The zero-order valence-corrected chi connectivity index (χ0v) is 23.5. The summed E-state index contributed by atoms with van der Waals surface area (Å²) in [5.74, 6) is 1.93. The van der Waals surface area contributed by atoms with E-state index in [9.17, 15) is 9.59 Å². The summed E-state index contributed by atoms with van der Waals surface area (Å²) in [6.07, 6.45) is 19.4. The van der Waals surface area contributed by atoms with Crippen LogP contribution < -0.4 is 0 Å². The fourth-order valence-corrected chi connectivity index (χ4v) is 4.26. The molecule has 0 radical (unpaired) electrons. The van der Waals surface area contributed by atoms with Gasteiger partial charge in [-0.15, -0.1) is 0 Å². The molecule has 0 heterocycles. The zero-order chi connectivity index (χ0) is 25.4. The van der Waals surface area contributed by atoms with Crippen molar-refractivity contribution in [1.82, 2.24) is 0 Å². The third kappa shape index (κ3) is 24.1. The Morgan fingerprint density at radius 2 is 1.00 bits per heavy atom. The van der Waals surface area contributed by atoms with Gasteiger partial charge >= 0.3 is 11.9 Å². The summed E-state index contributed by atoms with van der Waals surface area (Å²) in [6, 6.07) is 0. The number of hydrogen-bond acceptors (Lipinski definition) is 4. The summed E-state index contributed by atoms with van der Waals surface area (Å²) in [7, 11) is 0. The predicted octanol–water partition coefficient (Wildman–Crippen LogP) is 9.04. The van der Waals surface area contributed by atoms with Crippen molar-refractivity contribution in [3.05, 3.63) is 0 Å². The average Bonchev–Trinajstić information content (AvgIpc) is 2.78. The minimum absolute atomic E-state index is 0.0156. The number of carbonyl (C=O) groups excluding carboxylic acids is 2. The number of rotatable bonds is 24. The number of ether oxygens (including phenoxy) is 2. The third-order valence-corrected chi connectivity index (χ3v) is 6.65. The van der Waals surface area contributed by atoms with Gasteiger partial charge in [-0.3, -0.25) is 9.59 Å². The van der Waals surface area contributed by atoms with E-state index in [2.05, 4.69) is 34.6 Å². The molecule has 0 aliphatic heterocycles. The normalized spacial score (nSPS) is 12.3. The van der Waals surface area contributed by atoms with Gasteiger partial charge in [0, 0.05) is 12.8 Å². The lowest BCUT2D eigenvalue weighted by Crippen LogP contribution is -2.12. The van der Waals surface area contributed by atoms with Crippen molar-refractivity contribution in [3.63, 3.8) is 0 Å². The Bertz CT molecular complexity index is 472. The van der Waals surface area contributed by atoms with E-state index in [0.717, 1.165) is 63.2 Å². The molecule has 0 bridgehead atoms. The first kappa shape index (κ1) is 32.9. The second-order valence-corrected chi connectivity index (χ2v) is 11.1. The highest BCUT2D eigenvalue weighted by molar-refractivity contribution is 5.69. The van der Waals surface area contributed by atoms with Gasteiger partial charge in [-0.05, 0) is 43.4 Å². The molecule has 34 heavy (non-hydrogen) atoms. The molecule has 0 aliphatic carbocycles. The summed E-state index contributed by atoms with van der Waals surface area (Å²) in [6.45, 7) is 12.3. The second kappa shape index (κ2) is 23.7. The summed E-state index contributed by atoms with van der Waals surface area (Å²) in [4.78, 5) is 23.9. The summed E-state index contributed by atoms with van der Waals surface area (Å²) in [5.41, 5.74) is 0. The Hall–Kier alpha value is -1.06. The quantitative estimate of drug-likeness (QED) is 0.102. The van der Waals surface area contributed by atoms with Crippen LogP contribution in [-0.4, -0.2) is 25.2 Å². The van der Waals surface area contributed by atoms with Gasteiger partial charge in [0.05, 0.1) is 13.2 Å². The van der Waals surface area contributed by atoms with Crippen molar-refractivity contribution in [1.29, 1.82) is 0 Å². The number of carbonyl (C=O) groups is 2. The van der Waals surface area contributed by atoms with E-state index in [1.54, 1.807) is 0 Å². The molecule has 0 fully saturated rings. The van der Waals surface area contributed by atoms with Crippen molar-refractivity contribution < 1.29 is 19.1 Å². The molecule has 0 rings (SSSR count). The van der Waals surface area contributed by atoms with Gasteiger partial charge < -0.3 is 9.47 Å². The van der Waals surface area contributed by atoms with Crippen LogP contribution in [0.3, 0.4) is 0 Å². The summed E-state index contributed by atoms with van der Waals surface area (Å²) < 4.78 is 10.8. The van der Waals surface area contributed by atoms with Crippen LogP contribution in [0, 0.1) is 17.8 Å². The van der Waals surface area contributed by atoms with Crippen molar-refractivity contribution >= 4 is 11.9 Å². The average molecular weight is 483 g/mol. The van der Waals surface area contributed by atoms with Crippen molar-refractivity contribution in [2.75, 3.05) is 13.2 Å². The lowest BCUT2D eigenvalue weighted by molar-refractivity contribution is -0.145. The molecule has 4 heteroatoms. The van der Waals surface area contributed by atoms with Gasteiger partial charge in [0.1, 0.15) is 0 Å². The molecule has 4 nitrogen and oxygen atoms in total. The molecule has 0 aliphatic rings. The van der Waals surface area contributed by atoms with Crippen LogP contribution in [0.25, 0.3) is 0 Å². The van der Waals surface area contributed by atoms with Crippen LogP contribution in [0.5, 0.6) is 0 Å². The monoisotopic (exact) mass is 482 g/mol. The topological polar surface area (TPSA) is 52.6 Å². The maximum atomic E-state index is 12.1. The maximum Gasteiger partial charge on any atom is 0.306 e. The summed E-state index contributed by atoms with van der Waals surface area (Å²) in [5, 5.41) is 0. The standard InChI is InChI=1S/C30H58O4/c1-6-28(25-30(32)34-24-18-12-14-20-27(4)5)21-15-9-7-8-10-16-22-29(31)33-23-17-11-13-19-26(2)3/h26-28H,6-25H2,1-5H3. The Labute approximate surface area is 212 Å². The Kier molecular flexibility index (Phi) is 22.9. The molecule has 202 valence electrons. The molecular formula is C30H58O4. The van der Waals surface area contributed by atoms with Crippen LogP contribution in [-0.2, 0) is 19.1 Å². The molecule has 0 aromatic carbocycles. The SMILES string of the molecule is CCC(CCCCCCCCC(=O)OCCCCCC(C)C)CC(=O)OCCCCCC(C)C. The minimum atomic E-state index is -0.0305. The Morgan fingerprint density at radius 1 is 0.559 bits per heavy atom. The van der Waals surface area contributed by atoms with Crippen molar-refractivity contribution in [2.45, 2.75) is 150 Å². The minimum Gasteiger partial charge on any atom is -0.466 e. The van der Waals surface area contributed by atoms with E-state index >= 15 is 0 Å². The third-order valence-electron chi connectivity index (χ3n) is 6.65. The van der Waals surface area contributed by atoms with E-state index in [1.807, 2.05) is 0 Å². The molecule has 1 atom stereocenters. The van der Waals surface area contributed by atoms with Crippen LogP contribution in [0.1, 0.15) is 150 Å². The zero-order valence-electron chi connectivity index (χ0n) is 23.5. The van der Waals surface area contributed by atoms with Gasteiger partial charge in [-0.1, -0.05) is 112 Å². The van der Waals surface area contributed by atoms with Crippen LogP contribution in [0.15, 0.2) is 0 Å². The maximum absolute atomic E-state index is 12.1. The molecule has 0 aromatic heterocycles.